The van der Waals surface area contributed by atoms with Crippen LogP contribution in [0.1, 0.15) is 47.2 Å². The SMILES string of the molecule is CC.CC(=O)COCCOc1ccc(C2=CC=CC(C)(C(C)C)C=C2)nc1. The van der Waals surface area contributed by atoms with Crippen LogP contribution in [0.25, 0.3) is 5.57 Å². The third-order valence-corrected chi connectivity index (χ3v) is 4.43. The first kappa shape index (κ1) is 22.8. The molecule has 1 aromatic rings. The molecule has 4 nitrogen and oxygen atoms in total. The van der Waals surface area contributed by atoms with Crippen molar-refractivity contribution in [1.82, 2.24) is 4.98 Å². The lowest BCUT2D eigenvalue weighted by Gasteiger charge is -2.26. The average molecular weight is 372 g/mol. The van der Waals surface area contributed by atoms with Gasteiger partial charge in [-0.25, -0.2) is 0 Å². The van der Waals surface area contributed by atoms with E-state index in [1.54, 1.807) is 6.20 Å². The Morgan fingerprint density at radius 1 is 1.19 bits per heavy atom. The Kier molecular flexibility index (Phi) is 9.73. The standard InChI is InChI=1S/C21H27NO3.C2H6/c1-16(2)21(4)10-5-6-18(9-11-21)20-8-7-19(14-22-20)25-13-12-24-15-17(3)23;1-2/h5-11,14,16H,12-13,15H2,1-4H3;1-2H3. The lowest BCUT2D eigenvalue weighted by atomic mass is 9.79. The van der Waals surface area contributed by atoms with Gasteiger partial charge in [-0.15, -0.1) is 0 Å². The Morgan fingerprint density at radius 2 is 1.93 bits per heavy atom. The van der Waals surface area contributed by atoms with Crippen molar-refractivity contribution >= 4 is 11.4 Å². The number of carbonyl (C=O) groups excluding carboxylic acids is 1. The van der Waals surface area contributed by atoms with E-state index in [-0.39, 0.29) is 17.8 Å². The van der Waals surface area contributed by atoms with E-state index in [2.05, 4.69) is 56.1 Å². The topological polar surface area (TPSA) is 48.4 Å². The van der Waals surface area contributed by atoms with Crippen LogP contribution in [-0.2, 0) is 9.53 Å². The van der Waals surface area contributed by atoms with E-state index in [1.165, 1.54) is 6.92 Å². The van der Waals surface area contributed by atoms with Gasteiger partial charge in [0.1, 0.15) is 19.0 Å². The van der Waals surface area contributed by atoms with Crippen LogP contribution in [0.5, 0.6) is 5.75 Å². The lowest BCUT2D eigenvalue weighted by Crippen LogP contribution is -2.17. The highest BCUT2D eigenvalue weighted by atomic mass is 16.5. The molecular formula is C23H33NO3. The number of aromatic nitrogens is 1. The van der Waals surface area contributed by atoms with Crippen molar-refractivity contribution in [2.75, 3.05) is 19.8 Å². The van der Waals surface area contributed by atoms with Gasteiger partial charge in [-0.05, 0) is 30.5 Å². The van der Waals surface area contributed by atoms with Crippen molar-refractivity contribution in [3.8, 4) is 5.75 Å². The van der Waals surface area contributed by atoms with Gasteiger partial charge in [0.15, 0.2) is 5.78 Å². The van der Waals surface area contributed by atoms with Crippen molar-refractivity contribution in [2.45, 2.75) is 41.5 Å². The number of Topliss-reactive ketones (excluding diaryl/α,β-unsaturated/α-hetero) is 1. The Bertz CT molecular complexity index is 671. The minimum absolute atomic E-state index is 0.0124. The third-order valence-electron chi connectivity index (χ3n) is 4.43. The second-order valence-electron chi connectivity index (χ2n) is 6.82. The van der Waals surface area contributed by atoms with Crippen LogP contribution < -0.4 is 4.74 Å². The van der Waals surface area contributed by atoms with Gasteiger partial charge in [0.2, 0.25) is 0 Å². The number of pyridine rings is 1. The maximum atomic E-state index is 10.8. The normalized spacial score (nSPS) is 18.4. The van der Waals surface area contributed by atoms with E-state index in [0.717, 1.165) is 11.3 Å². The Balaban J connectivity index is 0.00000176. The van der Waals surface area contributed by atoms with Crippen LogP contribution in [0.2, 0.25) is 0 Å². The number of rotatable bonds is 8. The fourth-order valence-electron chi connectivity index (χ4n) is 2.37. The number of hydrogen-bond acceptors (Lipinski definition) is 4. The molecule has 1 aromatic heterocycles. The molecule has 4 heteroatoms. The van der Waals surface area contributed by atoms with Crippen molar-refractivity contribution < 1.29 is 14.3 Å². The average Bonchev–Trinajstić information content (AvgIpc) is 2.86. The number of hydrogen-bond donors (Lipinski definition) is 0. The van der Waals surface area contributed by atoms with Gasteiger partial charge in [-0.3, -0.25) is 9.78 Å². The first-order valence-electron chi connectivity index (χ1n) is 9.66. The molecule has 0 saturated heterocycles. The molecule has 0 saturated carbocycles. The van der Waals surface area contributed by atoms with Crippen LogP contribution >= 0.6 is 0 Å². The zero-order valence-electron chi connectivity index (χ0n) is 17.5. The molecule has 1 atom stereocenters. The summed E-state index contributed by atoms with van der Waals surface area (Å²) in [6.07, 6.45) is 12.5. The fraction of sp³-hybridized carbons (Fsp3) is 0.478. The minimum Gasteiger partial charge on any atom is -0.490 e. The summed E-state index contributed by atoms with van der Waals surface area (Å²) in [5.41, 5.74) is 2.05. The lowest BCUT2D eigenvalue weighted by molar-refractivity contribution is -0.121. The molecule has 0 radical (unpaired) electrons. The van der Waals surface area contributed by atoms with Crippen molar-refractivity contribution in [3.63, 3.8) is 0 Å². The Morgan fingerprint density at radius 3 is 2.52 bits per heavy atom. The van der Waals surface area contributed by atoms with E-state index in [1.807, 2.05) is 26.0 Å². The van der Waals surface area contributed by atoms with E-state index in [9.17, 15) is 4.79 Å². The third kappa shape index (κ3) is 7.51. The second kappa shape index (κ2) is 11.5. The molecule has 1 aliphatic rings. The Labute approximate surface area is 164 Å². The van der Waals surface area contributed by atoms with Crippen molar-refractivity contribution in [1.29, 1.82) is 0 Å². The maximum absolute atomic E-state index is 10.8. The zero-order chi connectivity index (χ0) is 20.3. The summed E-state index contributed by atoms with van der Waals surface area (Å²) in [5, 5.41) is 0. The zero-order valence-corrected chi connectivity index (χ0v) is 17.5. The number of ketones is 1. The number of carbonyl (C=O) groups is 1. The van der Waals surface area contributed by atoms with Gasteiger partial charge in [-0.2, -0.15) is 0 Å². The van der Waals surface area contributed by atoms with Crippen molar-refractivity contribution in [2.24, 2.45) is 11.3 Å². The molecule has 1 heterocycles. The Hall–Kier alpha value is -2.20. The maximum Gasteiger partial charge on any atom is 0.155 e. The number of ether oxygens (including phenoxy) is 2. The molecule has 2 rings (SSSR count). The summed E-state index contributed by atoms with van der Waals surface area (Å²) >= 11 is 0. The van der Waals surface area contributed by atoms with E-state index < -0.39 is 0 Å². The molecule has 0 spiro atoms. The largest absolute Gasteiger partial charge is 0.490 e. The number of nitrogens with zero attached hydrogens (tertiary/aromatic N) is 1. The van der Waals surface area contributed by atoms with Gasteiger partial charge in [-0.1, -0.05) is 65.0 Å². The summed E-state index contributed by atoms with van der Waals surface area (Å²) in [5.74, 6) is 1.23. The second-order valence-corrected chi connectivity index (χ2v) is 6.82. The minimum atomic E-state index is 0.0124. The summed E-state index contributed by atoms with van der Waals surface area (Å²) < 4.78 is 10.7. The van der Waals surface area contributed by atoms with Gasteiger partial charge in [0.25, 0.3) is 0 Å². The van der Waals surface area contributed by atoms with Gasteiger partial charge < -0.3 is 9.47 Å². The van der Waals surface area contributed by atoms with Crippen LogP contribution in [-0.4, -0.2) is 30.6 Å². The number of allylic oxidation sites excluding steroid dienone is 6. The van der Waals surface area contributed by atoms with Crippen LogP contribution in [0, 0.1) is 11.3 Å². The highest BCUT2D eigenvalue weighted by molar-refractivity contribution is 5.76. The first-order chi connectivity index (χ1) is 12.9. The summed E-state index contributed by atoms with van der Waals surface area (Å²) in [7, 11) is 0. The summed E-state index contributed by atoms with van der Waals surface area (Å²) in [6, 6.07) is 3.85. The molecule has 0 bridgehead atoms. The molecule has 0 aliphatic heterocycles. The quantitative estimate of drug-likeness (QED) is 0.585. The molecule has 0 amide bonds. The van der Waals surface area contributed by atoms with E-state index in [0.29, 0.717) is 24.9 Å². The molecule has 0 fully saturated rings. The molecule has 1 unspecified atom stereocenters. The summed E-state index contributed by atoms with van der Waals surface area (Å²) in [6.45, 7) is 13.1. The van der Waals surface area contributed by atoms with Crippen LogP contribution in [0.15, 0.2) is 48.7 Å². The monoisotopic (exact) mass is 371 g/mol. The summed E-state index contributed by atoms with van der Waals surface area (Å²) in [4.78, 5) is 15.3. The van der Waals surface area contributed by atoms with E-state index >= 15 is 0 Å². The smallest absolute Gasteiger partial charge is 0.155 e. The highest BCUT2D eigenvalue weighted by Gasteiger charge is 2.22. The predicted molar refractivity (Wildman–Crippen MR) is 112 cm³/mol. The van der Waals surface area contributed by atoms with Crippen LogP contribution in [0.3, 0.4) is 0 Å². The fourth-order valence-corrected chi connectivity index (χ4v) is 2.37. The predicted octanol–water partition coefficient (Wildman–Crippen LogP) is 5.26. The molecule has 148 valence electrons. The first-order valence-corrected chi connectivity index (χ1v) is 9.66. The molecule has 1 aliphatic carbocycles. The molecule has 27 heavy (non-hydrogen) atoms. The van der Waals surface area contributed by atoms with Gasteiger partial charge >= 0.3 is 0 Å². The molecule has 0 aromatic carbocycles. The van der Waals surface area contributed by atoms with E-state index in [4.69, 9.17) is 9.47 Å². The van der Waals surface area contributed by atoms with Gasteiger partial charge in [0.05, 0.1) is 18.5 Å². The highest BCUT2D eigenvalue weighted by Crippen LogP contribution is 2.33. The molecule has 0 N–H and O–H groups in total. The molecular weight excluding hydrogens is 338 g/mol. The van der Waals surface area contributed by atoms with Crippen LogP contribution in [0.4, 0.5) is 0 Å². The van der Waals surface area contributed by atoms with Gasteiger partial charge in [0, 0.05) is 5.41 Å². The van der Waals surface area contributed by atoms with Crippen molar-refractivity contribution in [3.05, 3.63) is 54.4 Å².